The minimum atomic E-state index is -0.424. The maximum atomic E-state index is 10.9. The van der Waals surface area contributed by atoms with Gasteiger partial charge in [0, 0.05) is 23.3 Å². The maximum Gasteiger partial charge on any atom is 0.312 e. The van der Waals surface area contributed by atoms with Crippen LogP contribution >= 0.6 is 15.9 Å². The van der Waals surface area contributed by atoms with Crippen molar-refractivity contribution in [3.63, 3.8) is 0 Å². The van der Waals surface area contributed by atoms with E-state index in [4.69, 9.17) is 0 Å². The zero-order valence-corrected chi connectivity index (χ0v) is 10.7. The molecule has 6 nitrogen and oxygen atoms in total. The first-order valence-electron chi connectivity index (χ1n) is 5.41. The van der Waals surface area contributed by atoms with Crippen LogP contribution in [0.3, 0.4) is 0 Å². The molecule has 0 aliphatic carbocycles. The summed E-state index contributed by atoms with van der Waals surface area (Å²) in [4.78, 5) is 14.5. The maximum absolute atomic E-state index is 10.9. The summed E-state index contributed by atoms with van der Waals surface area (Å²) in [5, 5.41) is 17.2. The molecule has 1 aliphatic rings. The molecule has 17 heavy (non-hydrogen) atoms. The molecule has 1 fully saturated rings. The zero-order valence-electron chi connectivity index (χ0n) is 9.15. The highest BCUT2D eigenvalue weighted by Crippen LogP contribution is 2.25. The number of hydrogen-bond acceptors (Lipinski definition) is 5. The molecule has 1 saturated heterocycles. The number of anilines is 1. The van der Waals surface area contributed by atoms with E-state index in [-0.39, 0.29) is 5.69 Å². The molecule has 1 aromatic rings. The number of nitrogens with one attached hydrogen (secondary N) is 2. The average molecular weight is 301 g/mol. The minimum Gasteiger partial charge on any atom is -0.364 e. The van der Waals surface area contributed by atoms with Crippen LogP contribution in [-0.2, 0) is 0 Å². The third-order valence-corrected chi connectivity index (χ3v) is 3.19. The van der Waals surface area contributed by atoms with Crippen molar-refractivity contribution in [2.75, 3.05) is 25.0 Å². The Hall–Kier alpha value is -1.21. The summed E-state index contributed by atoms with van der Waals surface area (Å²) < 4.78 is 0.609. The zero-order chi connectivity index (χ0) is 12.3. The van der Waals surface area contributed by atoms with E-state index in [9.17, 15) is 10.1 Å². The Morgan fingerprint density at radius 3 is 3.18 bits per heavy atom. The molecule has 0 aromatic carbocycles. The van der Waals surface area contributed by atoms with Crippen molar-refractivity contribution < 1.29 is 4.92 Å². The van der Waals surface area contributed by atoms with Crippen LogP contribution in [0, 0.1) is 16.0 Å². The van der Waals surface area contributed by atoms with Gasteiger partial charge in [0.05, 0.1) is 4.92 Å². The molecule has 7 heteroatoms. The smallest absolute Gasteiger partial charge is 0.312 e. The van der Waals surface area contributed by atoms with Gasteiger partial charge in [-0.2, -0.15) is 0 Å². The predicted octanol–water partition coefficient (Wildman–Crippen LogP) is 1.77. The number of hydrogen-bond donors (Lipinski definition) is 2. The van der Waals surface area contributed by atoms with Crippen LogP contribution < -0.4 is 10.6 Å². The van der Waals surface area contributed by atoms with E-state index in [1.165, 1.54) is 6.07 Å². The minimum absolute atomic E-state index is 0.00494. The van der Waals surface area contributed by atoms with Crippen LogP contribution in [-0.4, -0.2) is 29.5 Å². The van der Waals surface area contributed by atoms with Gasteiger partial charge < -0.3 is 10.6 Å². The van der Waals surface area contributed by atoms with Crippen molar-refractivity contribution in [2.45, 2.75) is 6.42 Å². The van der Waals surface area contributed by atoms with Crippen molar-refractivity contribution in [2.24, 2.45) is 5.92 Å². The number of pyridine rings is 1. The van der Waals surface area contributed by atoms with E-state index in [2.05, 4.69) is 31.5 Å². The standard InChI is InChI=1S/C10H13BrN4O2/c11-8-3-9(15(16)17)10(14-6-8)13-5-7-1-2-12-4-7/h3,6-7,12H,1-2,4-5H2,(H,13,14). The van der Waals surface area contributed by atoms with Crippen LogP contribution in [0.1, 0.15) is 6.42 Å². The Morgan fingerprint density at radius 1 is 1.71 bits per heavy atom. The van der Waals surface area contributed by atoms with Crippen molar-refractivity contribution >= 4 is 27.4 Å². The summed E-state index contributed by atoms with van der Waals surface area (Å²) in [5.41, 5.74) is 0.00494. The van der Waals surface area contributed by atoms with Crippen LogP contribution in [0.25, 0.3) is 0 Å². The van der Waals surface area contributed by atoms with Gasteiger partial charge in [0.1, 0.15) is 0 Å². The molecule has 0 saturated carbocycles. The van der Waals surface area contributed by atoms with Gasteiger partial charge in [0.25, 0.3) is 0 Å². The monoisotopic (exact) mass is 300 g/mol. The second-order valence-corrected chi connectivity index (χ2v) is 4.93. The normalized spacial score (nSPS) is 19.2. The molecule has 92 valence electrons. The van der Waals surface area contributed by atoms with Gasteiger partial charge >= 0.3 is 5.69 Å². The summed E-state index contributed by atoms with van der Waals surface area (Å²) in [6, 6.07) is 1.46. The van der Waals surface area contributed by atoms with Crippen molar-refractivity contribution in [1.82, 2.24) is 10.3 Å². The topological polar surface area (TPSA) is 80.1 Å². The first kappa shape index (κ1) is 12.3. The SMILES string of the molecule is O=[N+]([O-])c1cc(Br)cnc1NCC1CCNC1. The Kier molecular flexibility index (Phi) is 3.90. The van der Waals surface area contributed by atoms with Gasteiger partial charge in [-0.25, -0.2) is 4.98 Å². The van der Waals surface area contributed by atoms with E-state index in [1.807, 2.05) is 0 Å². The third kappa shape index (κ3) is 3.13. The van der Waals surface area contributed by atoms with Gasteiger partial charge in [-0.1, -0.05) is 0 Å². The fourth-order valence-electron chi connectivity index (χ4n) is 1.83. The lowest BCUT2D eigenvalue weighted by Gasteiger charge is -2.10. The molecular formula is C10H13BrN4O2. The van der Waals surface area contributed by atoms with Crippen LogP contribution in [0.4, 0.5) is 11.5 Å². The second kappa shape index (κ2) is 5.42. The summed E-state index contributed by atoms with van der Waals surface area (Å²) >= 11 is 3.18. The predicted molar refractivity (Wildman–Crippen MR) is 68.1 cm³/mol. The first-order chi connectivity index (χ1) is 8.16. The molecule has 1 aromatic heterocycles. The van der Waals surface area contributed by atoms with Gasteiger partial charge in [0.2, 0.25) is 5.82 Å². The van der Waals surface area contributed by atoms with E-state index in [0.29, 0.717) is 22.8 Å². The number of aromatic nitrogens is 1. The summed E-state index contributed by atoms with van der Waals surface area (Å²) in [5.74, 6) is 0.852. The van der Waals surface area contributed by atoms with Crippen molar-refractivity contribution in [1.29, 1.82) is 0 Å². The van der Waals surface area contributed by atoms with E-state index in [1.54, 1.807) is 6.20 Å². The second-order valence-electron chi connectivity index (χ2n) is 4.02. The Morgan fingerprint density at radius 2 is 2.53 bits per heavy atom. The van der Waals surface area contributed by atoms with Gasteiger partial charge in [-0.15, -0.1) is 0 Å². The Labute approximate surface area is 107 Å². The van der Waals surface area contributed by atoms with E-state index >= 15 is 0 Å². The van der Waals surface area contributed by atoms with Crippen molar-refractivity contribution in [3.05, 3.63) is 26.9 Å². The molecule has 1 atom stereocenters. The summed E-state index contributed by atoms with van der Waals surface area (Å²) in [7, 11) is 0. The van der Waals surface area contributed by atoms with Crippen LogP contribution in [0.2, 0.25) is 0 Å². The van der Waals surface area contributed by atoms with E-state index in [0.717, 1.165) is 19.5 Å². The fraction of sp³-hybridized carbons (Fsp3) is 0.500. The highest BCUT2D eigenvalue weighted by atomic mass is 79.9. The lowest BCUT2D eigenvalue weighted by Crippen LogP contribution is -2.18. The van der Waals surface area contributed by atoms with Gasteiger partial charge in [-0.05, 0) is 41.4 Å². The highest BCUT2D eigenvalue weighted by Gasteiger charge is 2.19. The number of nitrogens with zero attached hydrogens (tertiary/aromatic N) is 2. The molecule has 2 heterocycles. The molecule has 1 aliphatic heterocycles. The third-order valence-electron chi connectivity index (χ3n) is 2.75. The number of rotatable bonds is 4. The molecular weight excluding hydrogens is 288 g/mol. The fourth-order valence-corrected chi connectivity index (χ4v) is 2.15. The van der Waals surface area contributed by atoms with Gasteiger partial charge in [-0.3, -0.25) is 10.1 Å². The molecule has 2 rings (SSSR count). The molecule has 0 radical (unpaired) electrons. The molecule has 1 unspecified atom stereocenters. The molecule has 0 amide bonds. The Bertz CT molecular complexity index is 421. The van der Waals surface area contributed by atoms with E-state index < -0.39 is 4.92 Å². The van der Waals surface area contributed by atoms with Crippen LogP contribution in [0.5, 0.6) is 0 Å². The quantitative estimate of drug-likeness (QED) is 0.654. The highest BCUT2D eigenvalue weighted by molar-refractivity contribution is 9.10. The lowest BCUT2D eigenvalue weighted by molar-refractivity contribution is -0.384. The molecule has 0 spiro atoms. The lowest BCUT2D eigenvalue weighted by atomic mass is 10.1. The molecule has 2 N–H and O–H groups in total. The summed E-state index contributed by atoms with van der Waals surface area (Å²) in [6.45, 7) is 2.68. The Balaban J connectivity index is 2.06. The first-order valence-corrected chi connectivity index (χ1v) is 6.20. The summed E-state index contributed by atoms with van der Waals surface area (Å²) in [6.07, 6.45) is 2.65. The molecule has 0 bridgehead atoms. The van der Waals surface area contributed by atoms with Crippen molar-refractivity contribution in [3.8, 4) is 0 Å². The largest absolute Gasteiger partial charge is 0.364 e. The number of halogens is 1. The average Bonchev–Trinajstić information content (AvgIpc) is 2.80. The number of nitro groups is 1. The van der Waals surface area contributed by atoms with Crippen LogP contribution in [0.15, 0.2) is 16.7 Å². The van der Waals surface area contributed by atoms with Gasteiger partial charge in [0.15, 0.2) is 0 Å².